The maximum absolute atomic E-state index is 12.3. The molecule has 6 heteroatoms. The Morgan fingerprint density at radius 1 is 1.24 bits per heavy atom. The molecule has 0 aliphatic carbocycles. The highest BCUT2D eigenvalue weighted by Gasteiger charge is 2.20. The smallest absolute Gasteiger partial charge is 0.233 e. The number of hydrogen-bond donors (Lipinski definition) is 0. The third-order valence-electron chi connectivity index (χ3n) is 4.29. The molecule has 1 amide bonds. The Morgan fingerprint density at radius 2 is 1.92 bits per heavy atom. The van der Waals surface area contributed by atoms with Crippen molar-refractivity contribution in [1.82, 2.24) is 14.5 Å². The molecule has 134 valence electrons. The fourth-order valence-electron chi connectivity index (χ4n) is 3.05. The summed E-state index contributed by atoms with van der Waals surface area (Å²) in [5.74, 6) is 1.17. The number of carbonyl (C=O) groups is 1. The van der Waals surface area contributed by atoms with Gasteiger partial charge in [0.1, 0.15) is 0 Å². The highest BCUT2D eigenvalue weighted by atomic mass is 35.5. The first-order valence-electron chi connectivity index (χ1n) is 8.76. The van der Waals surface area contributed by atoms with Crippen molar-refractivity contribution in [3.63, 3.8) is 0 Å². The second-order valence-electron chi connectivity index (χ2n) is 6.81. The number of likely N-dealkylation sites (tertiary alicyclic amines) is 1. The molecule has 0 bridgehead atoms. The molecule has 1 aromatic carbocycles. The molecule has 4 nitrogen and oxygen atoms in total. The monoisotopic (exact) mass is 377 g/mol. The molecule has 0 radical (unpaired) electrons. The zero-order chi connectivity index (χ0) is 17.8. The lowest BCUT2D eigenvalue weighted by atomic mass is 10.1. The lowest BCUT2D eigenvalue weighted by Gasteiger charge is -2.16. The molecule has 2 heterocycles. The van der Waals surface area contributed by atoms with Crippen LogP contribution in [0.1, 0.15) is 26.7 Å². The fourth-order valence-corrected chi connectivity index (χ4v) is 4.07. The van der Waals surface area contributed by atoms with Crippen LogP contribution in [-0.4, -0.2) is 39.2 Å². The van der Waals surface area contributed by atoms with Crippen molar-refractivity contribution >= 4 is 29.3 Å². The summed E-state index contributed by atoms with van der Waals surface area (Å²) in [6, 6.07) is 7.82. The molecule has 25 heavy (non-hydrogen) atoms. The van der Waals surface area contributed by atoms with Crippen LogP contribution in [0.15, 0.2) is 35.6 Å². The number of benzene rings is 1. The molecule has 0 spiro atoms. The van der Waals surface area contributed by atoms with Crippen LogP contribution in [0.25, 0.3) is 11.3 Å². The van der Waals surface area contributed by atoms with E-state index in [1.165, 1.54) is 11.8 Å². The summed E-state index contributed by atoms with van der Waals surface area (Å²) >= 11 is 7.54. The SMILES string of the molecule is CC(C)Cn1c(-c2ccc(Cl)cc2)cnc1SCC(=O)N1CCCC1. The number of hydrogen-bond acceptors (Lipinski definition) is 3. The quantitative estimate of drug-likeness (QED) is 0.692. The number of carbonyl (C=O) groups excluding carboxylic acids is 1. The molecule has 1 aliphatic heterocycles. The molecule has 0 unspecified atom stereocenters. The van der Waals surface area contributed by atoms with Crippen LogP contribution in [0, 0.1) is 5.92 Å². The molecule has 1 aromatic heterocycles. The summed E-state index contributed by atoms with van der Waals surface area (Å²) in [6.07, 6.45) is 4.15. The predicted molar refractivity (Wildman–Crippen MR) is 104 cm³/mol. The standard InChI is InChI=1S/C19H24ClN3OS/c1-14(2)12-23-17(15-5-7-16(20)8-6-15)11-21-19(23)25-13-18(24)22-9-3-4-10-22/h5-8,11,14H,3-4,9-10,12-13H2,1-2H3. The number of aromatic nitrogens is 2. The van der Waals surface area contributed by atoms with Crippen LogP contribution in [0.3, 0.4) is 0 Å². The van der Waals surface area contributed by atoms with E-state index >= 15 is 0 Å². The van der Waals surface area contributed by atoms with Crippen LogP contribution in [0.5, 0.6) is 0 Å². The van der Waals surface area contributed by atoms with Crippen LogP contribution < -0.4 is 0 Å². The molecule has 3 rings (SSSR count). The number of amides is 1. The average molecular weight is 378 g/mol. The van der Waals surface area contributed by atoms with E-state index in [9.17, 15) is 4.79 Å². The second kappa shape index (κ2) is 8.28. The van der Waals surface area contributed by atoms with Gasteiger partial charge in [0.05, 0.1) is 17.6 Å². The molecule has 2 aromatic rings. The molecular formula is C19H24ClN3OS. The van der Waals surface area contributed by atoms with Gasteiger partial charge < -0.3 is 9.47 Å². The maximum atomic E-state index is 12.3. The molecule has 1 aliphatic rings. The van der Waals surface area contributed by atoms with Gasteiger partial charge in [-0.25, -0.2) is 4.98 Å². The van der Waals surface area contributed by atoms with Gasteiger partial charge in [0.25, 0.3) is 0 Å². The Balaban J connectivity index is 1.78. The van der Waals surface area contributed by atoms with E-state index in [0.717, 1.165) is 53.9 Å². The van der Waals surface area contributed by atoms with Crippen molar-refractivity contribution in [2.45, 2.75) is 38.4 Å². The second-order valence-corrected chi connectivity index (χ2v) is 8.19. The van der Waals surface area contributed by atoms with Gasteiger partial charge in [-0.3, -0.25) is 4.79 Å². The van der Waals surface area contributed by atoms with Gasteiger partial charge in [-0.05, 0) is 36.5 Å². The van der Waals surface area contributed by atoms with E-state index < -0.39 is 0 Å². The minimum Gasteiger partial charge on any atom is -0.342 e. The van der Waals surface area contributed by atoms with Crippen molar-refractivity contribution in [2.24, 2.45) is 5.92 Å². The summed E-state index contributed by atoms with van der Waals surface area (Å²) in [4.78, 5) is 18.9. The van der Waals surface area contributed by atoms with Crippen LogP contribution in [-0.2, 0) is 11.3 Å². The lowest BCUT2D eigenvalue weighted by Crippen LogP contribution is -2.29. The Morgan fingerprint density at radius 3 is 2.56 bits per heavy atom. The van der Waals surface area contributed by atoms with Crippen molar-refractivity contribution in [3.05, 3.63) is 35.5 Å². The number of rotatable bonds is 6. The first kappa shape index (κ1) is 18.3. The lowest BCUT2D eigenvalue weighted by molar-refractivity contribution is -0.127. The first-order chi connectivity index (χ1) is 12.0. The van der Waals surface area contributed by atoms with E-state index in [0.29, 0.717) is 11.7 Å². The van der Waals surface area contributed by atoms with Gasteiger partial charge in [0, 0.05) is 24.7 Å². The van der Waals surface area contributed by atoms with E-state index in [-0.39, 0.29) is 5.91 Å². The van der Waals surface area contributed by atoms with Crippen molar-refractivity contribution < 1.29 is 4.79 Å². The maximum Gasteiger partial charge on any atom is 0.233 e. The largest absolute Gasteiger partial charge is 0.342 e. The third kappa shape index (κ3) is 4.59. The number of nitrogens with zero attached hydrogens (tertiary/aromatic N) is 3. The Labute approximate surface area is 158 Å². The van der Waals surface area contributed by atoms with Gasteiger partial charge in [-0.15, -0.1) is 0 Å². The van der Waals surface area contributed by atoms with Gasteiger partial charge >= 0.3 is 0 Å². The Bertz CT molecular complexity index is 721. The topological polar surface area (TPSA) is 38.1 Å². The Kier molecular flexibility index (Phi) is 6.07. The zero-order valence-corrected chi connectivity index (χ0v) is 16.3. The molecule has 1 fully saturated rings. The Hall–Kier alpha value is -1.46. The zero-order valence-electron chi connectivity index (χ0n) is 14.7. The minimum absolute atomic E-state index is 0.217. The average Bonchev–Trinajstić information content (AvgIpc) is 3.23. The van der Waals surface area contributed by atoms with Gasteiger partial charge in [-0.1, -0.05) is 49.3 Å². The summed E-state index contributed by atoms with van der Waals surface area (Å²) < 4.78 is 2.22. The van der Waals surface area contributed by atoms with Crippen LogP contribution >= 0.6 is 23.4 Å². The highest BCUT2D eigenvalue weighted by molar-refractivity contribution is 7.99. The molecule has 1 saturated heterocycles. The summed E-state index contributed by atoms with van der Waals surface area (Å²) in [5, 5.41) is 1.63. The predicted octanol–water partition coefficient (Wildman–Crippen LogP) is 4.57. The molecule has 0 N–H and O–H groups in total. The molecule has 0 saturated carbocycles. The number of halogens is 1. The summed E-state index contributed by atoms with van der Waals surface area (Å²) in [6.45, 7) is 7.05. The number of thioether (sulfide) groups is 1. The molecular weight excluding hydrogens is 354 g/mol. The van der Waals surface area contributed by atoms with Gasteiger partial charge in [0.15, 0.2) is 5.16 Å². The first-order valence-corrected chi connectivity index (χ1v) is 10.1. The summed E-state index contributed by atoms with van der Waals surface area (Å²) in [5.41, 5.74) is 2.16. The normalized spacial score (nSPS) is 14.5. The van der Waals surface area contributed by atoms with E-state index in [4.69, 9.17) is 11.6 Å². The highest BCUT2D eigenvalue weighted by Crippen LogP contribution is 2.28. The minimum atomic E-state index is 0.217. The van der Waals surface area contributed by atoms with Gasteiger partial charge in [-0.2, -0.15) is 0 Å². The molecule has 0 atom stereocenters. The number of imidazole rings is 1. The van der Waals surface area contributed by atoms with E-state index in [1.54, 1.807) is 0 Å². The van der Waals surface area contributed by atoms with Crippen molar-refractivity contribution in [2.75, 3.05) is 18.8 Å². The summed E-state index contributed by atoms with van der Waals surface area (Å²) in [7, 11) is 0. The van der Waals surface area contributed by atoms with Crippen molar-refractivity contribution in [1.29, 1.82) is 0 Å². The van der Waals surface area contributed by atoms with Crippen LogP contribution in [0.4, 0.5) is 0 Å². The van der Waals surface area contributed by atoms with Crippen molar-refractivity contribution in [3.8, 4) is 11.3 Å². The van der Waals surface area contributed by atoms with Crippen LogP contribution in [0.2, 0.25) is 5.02 Å². The van der Waals surface area contributed by atoms with E-state index in [1.807, 2.05) is 35.4 Å². The van der Waals surface area contributed by atoms with E-state index in [2.05, 4.69) is 23.4 Å². The van der Waals surface area contributed by atoms with Gasteiger partial charge in [0.2, 0.25) is 5.91 Å². The third-order valence-corrected chi connectivity index (χ3v) is 5.52. The fraction of sp³-hybridized carbons (Fsp3) is 0.474.